The lowest BCUT2D eigenvalue weighted by Gasteiger charge is -2.33. The molecule has 1 aliphatic rings. The van der Waals surface area contributed by atoms with Crippen molar-refractivity contribution in [3.63, 3.8) is 0 Å². The number of carbonyl (C=O) groups is 2. The molecule has 7 heteroatoms. The number of nitrogens with zero attached hydrogens (tertiary/aromatic N) is 4. The van der Waals surface area contributed by atoms with Crippen molar-refractivity contribution in [2.75, 3.05) is 26.2 Å². The van der Waals surface area contributed by atoms with Gasteiger partial charge in [-0.3, -0.25) is 14.6 Å². The zero-order chi connectivity index (χ0) is 20.4. The molecule has 0 aromatic carbocycles. The summed E-state index contributed by atoms with van der Waals surface area (Å²) in [6.45, 7) is 9.59. The van der Waals surface area contributed by atoms with Crippen molar-refractivity contribution in [2.24, 2.45) is 0 Å². The Kier molecular flexibility index (Phi) is 9.34. The molecular weight excluding hydrogens is 354 g/mol. The predicted octanol–water partition coefficient (Wildman–Crippen LogP) is 2.49. The molecule has 2 atom stereocenters. The third-order valence-electron chi connectivity index (χ3n) is 5.63. The highest BCUT2D eigenvalue weighted by atomic mass is 16.2. The molecule has 0 aliphatic carbocycles. The fraction of sp³-hybridized carbons (Fsp3) is 0.714. The number of piperidine rings is 1. The van der Waals surface area contributed by atoms with Crippen LogP contribution < -0.4 is 5.32 Å². The van der Waals surface area contributed by atoms with Crippen LogP contribution in [-0.2, 0) is 4.79 Å². The van der Waals surface area contributed by atoms with E-state index in [1.165, 1.54) is 38.2 Å². The number of nitrogens with one attached hydrogen (secondary N) is 1. The van der Waals surface area contributed by atoms with Crippen molar-refractivity contribution in [1.82, 2.24) is 25.1 Å². The van der Waals surface area contributed by atoms with Gasteiger partial charge in [-0.1, -0.05) is 13.3 Å². The van der Waals surface area contributed by atoms with Gasteiger partial charge in [-0.25, -0.2) is 4.98 Å². The van der Waals surface area contributed by atoms with Crippen molar-refractivity contribution in [3.05, 3.63) is 24.3 Å². The molecule has 7 nitrogen and oxygen atoms in total. The molecule has 1 aliphatic heterocycles. The number of hydrogen-bond acceptors (Lipinski definition) is 5. The Bertz CT molecular complexity index is 610. The zero-order valence-electron chi connectivity index (χ0n) is 17.6. The van der Waals surface area contributed by atoms with E-state index >= 15 is 0 Å². The molecule has 1 aromatic rings. The van der Waals surface area contributed by atoms with Crippen LogP contribution in [0, 0.1) is 0 Å². The zero-order valence-corrected chi connectivity index (χ0v) is 17.6. The third kappa shape index (κ3) is 6.86. The Hall–Kier alpha value is -2.02. The molecular formula is C21H35N5O2. The Morgan fingerprint density at radius 1 is 1.36 bits per heavy atom. The second-order valence-electron chi connectivity index (χ2n) is 7.68. The van der Waals surface area contributed by atoms with E-state index < -0.39 is 0 Å². The molecule has 0 bridgehead atoms. The standard InChI is InChI=1S/C21H35N5O2/c1-4-17(2)26(21(28)19-16-22-11-12-23-19)15-9-20(27)24-10-7-14-25-13-6-5-8-18(25)3/h11-12,16-18H,4-10,13-15H2,1-3H3,(H,24,27). The van der Waals surface area contributed by atoms with Gasteiger partial charge in [0.15, 0.2) is 0 Å². The summed E-state index contributed by atoms with van der Waals surface area (Å²) in [5, 5.41) is 3.00. The maximum atomic E-state index is 12.7. The summed E-state index contributed by atoms with van der Waals surface area (Å²) in [6.07, 6.45) is 10.5. The smallest absolute Gasteiger partial charge is 0.274 e. The van der Waals surface area contributed by atoms with Gasteiger partial charge >= 0.3 is 0 Å². The minimum absolute atomic E-state index is 0.00746. The summed E-state index contributed by atoms with van der Waals surface area (Å²) < 4.78 is 0. The van der Waals surface area contributed by atoms with Gasteiger partial charge < -0.3 is 15.1 Å². The predicted molar refractivity (Wildman–Crippen MR) is 110 cm³/mol. The first-order valence-corrected chi connectivity index (χ1v) is 10.6. The molecule has 2 rings (SSSR count). The van der Waals surface area contributed by atoms with Gasteiger partial charge in [-0.2, -0.15) is 0 Å². The van der Waals surface area contributed by atoms with E-state index in [0.29, 0.717) is 31.2 Å². The summed E-state index contributed by atoms with van der Waals surface area (Å²) in [7, 11) is 0. The third-order valence-corrected chi connectivity index (χ3v) is 5.63. The summed E-state index contributed by atoms with van der Waals surface area (Å²) >= 11 is 0. The topological polar surface area (TPSA) is 78.4 Å². The SMILES string of the molecule is CCC(C)N(CCC(=O)NCCCN1CCCCC1C)C(=O)c1cnccn1. The molecule has 0 radical (unpaired) electrons. The average Bonchev–Trinajstić information content (AvgIpc) is 2.72. The first-order chi connectivity index (χ1) is 13.5. The van der Waals surface area contributed by atoms with Gasteiger partial charge in [-0.15, -0.1) is 0 Å². The van der Waals surface area contributed by atoms with E-state index in [1.54, 1.807) is 11.1 Å². The lowest BCUT2D eigenvalue weighted by atomic mass is 10.0. The molecule has 0 saturated carbocycles. The summed E-state index contributed by atoms with van der Waals surface area (Å²) in [5.41, 5.74) is 0.318. The van der Waals surface area contributed by atoms with E-state index in [-0.39, 0.29) is 17.9 Å². The molecule has 156 valence electrons. The van der Waals surface area contributed by atoms with Crippen molar-refractivity contribution >= 4 is 11.8 Å². The monoisotopic (exact) mass is 389 g/mol. The average molecular weight is 390 g/mol. The van der Waals surface area contributed by atoms with Gasteiger partial charge in [0.1, 0.15) is 5.69 Å². The summed E-state index contributed by atoms with van der Waals surface area (Å²) in [5.74, 6) is -0.179. The maximum absolute atomic E-state index is 12.7. The van der Waals surface area contributed by atoms with Crippen LogP contribution in [0.3, 0.4) is 0 Å². The molecule has 2 amide bonds. The molecule has 1 N–H and O–H groups in total. The quantitative estimate of drug-likeness (QED) is 0.622. The van der Waals surface area contributed by atoms with Gasteiger partial charge in [-0.05, 0) is 46.1 Å². The van der Waals surface area contributed by atoms with Crippen LogP contribution in [0.1, 0.15) is 69.8 Å². The van der Waals surface area contributed by atoms with E-state index in [2.05, 4.69) is 27.1 Å². The number of aromatic nitrogens is 2. The maximum Gasteiger partial charge on any atom is 0.274 e. The Balaban J connectivity index is 1.74. The van der Waals surface area contributed by atoms with Crippen LogP contribution in [0.15, 0.2) is 18.6 Å². The van der Waals surface area contributed by atoms with E-state index in [4.69, 9.17) is 0 Å². The number of rotatable bonds is 10. The van der Waals surface area contributed by atoms with Crippen LogP contribution >= 0.6 is 0 Å². The highest BCUT2D eigenvalue weighted by Gasteiger charge is 2.22. The molecule has 1 saturated heterocycles. The first-order valence-electron chi connectivity index (χ1n) is 10.6. The van der Waals surface area contributed by atoms with Gasteiger partial charge in [0.05, 0.1) is 6.20 Å². The molecule has 2 heterocycles. The minimum atomic E-state index is -0.172. The number of carbonyl (C=O) groups excluding carboxylic acids is 2. The summed E-state index contributed by atoms with van der Waals surface area (Å²) in [6, 6.07) is 0.698. The van der Waals surface area contributed by atoms with Gasteiger partial charge in [0.2, 0.25) is 5.91 Å². The van der Waals surface area contributed by atoms with Gasteiger partial charge in [0.25, 0.3) is 5.91 Å². The highest BCUT2D eigenvalue weighted by Crippen LogP contribution is 2.16. The van der Waals surface area contributed by atoms with Gasteiger partial charge in [0, 0.05) is 50.5 Å². The number of hydrogen-bond donors (Lipinski definition) is 1. The van der Waals surface area contributed by atoms with Crippen molar-refractivity contribution < 1.29 is 9.59 Å². The Morgan fingerprint density at radius 2 is 2.18 bits per heavy atom. The largest absolute Gasteiger partial charge is 0.356 e. The fourth-order valence-corrected chi connectivity index (χ4v) is 3.61. The van der Waals surface area contributed by atoms with E-state index in [0.717, 1.165) is 19.4 Å². The van der Waals surface area contributed by atoms with Crippen LogP contribution in [0.25, 0.3) is 0 Å². The van der Waals surface area contributed by atoms with Crippen LogP contribution in [0.2, 0.25) is 0 Å². The minimum Gasteiger partial charge on any atom is -0.356 e. The second-order valence-corrected chi connectivity index (χ2v) is 7.68. The van der Waals surface area contributed by atoms with Crippen LogP contribution in [0.4, 0.5) is 0 Å². The van der Waals surface area contributed by atoms with Crippen molar-refractivity contribution in [1.29, 1.82) is 0 Å². The first kappa shape index (κ1) is 22.3. The van der Waals surface area contributed by atoms with Crippen molar-refractivity contribution in [3.8, 4) is 0 Å². The molecule has 0 spiro atoms. The molecule has 1 aromatic heterocycles. The van der Waals surface area contributed by atoms with Crippen molar-refractivity contribution in [2.45, 2.75) is 71.4 Å². The number of amides is 2. The normalized spacial score (nSPS) is 18.5. The highest BCUT2D eigenvalue weighted by molar-refractivity contribution is 5.92. The van der Waals surface area contributed by atoms with Crippen LogP contribution in [-0.4, -0.2) is 69.8 Å². The number of likely N-dealkylation sites (tertiary alicyclic amines) is 1. The molecule has 2 unspecified atom stereocenters. The van der Waals surface area contributed by atoms with E-state index in [9.17, 15) is 9.59 Å². The Labute approximate surface area is 168 Å². The summed E-state index contributed by atoms with van der Waals surface area (Å²) in [4.78, 5) is 37.3. The van der Waals surface area contributed by atoms with E-state index in [1.807, 2.05) is 13.8 Å². The lowest BCUT2D eigenvalue weighted by Crippen LogP contribution is -2.42. The second kappa shape index (κ2) is 11.7. The lowest BCUT2D eigenvalue weighted by molar-refractivity contribution is -0.121. The van der Waals surface area contributed by atoms with Crippen LogP contribution in [0.5, 0.6) is 0 Å². The molecule has 28 heavy (non-hydrogen) atoms. The Morgan fingerprint density at radius 3 is 2.86 bits per heavy atom. The fourth-order valence-electron chi connectivity index (χ4n) is 3.61. The molecule has 1 fully saturated rings.